The molecule has 1 aromatic heterocycles. The number of rotatable bonds is 4. The van der Waals surface area contributed by atoms with Crippen molar-refractivity contribution in [3.05, 3.63) is 22.8 Å². The minimum Gasteiger partial charge on any atom is -0.478 e. The number of nitrogens with one attached hydrogen (secondary N) is 1. The fraction of sp³-hybridized carbons (Fsp3) is 0.500. The highest BCUT2D eigenvalue weighted by atomic mass is 35.5. The molecule has 0 saturated carbocycles. The molecule has 1 aromatic rings. The van der Waals surface area contributed by atoms with Crippen LogP contribution >= 0.6 is 23.4 Å². The number of aromatic carboxylic acids is 1. The Labute approximate surface area is 115 Å². The van der Waals surface area contributed by atoms with Gasteiger partial charge in [0, 0.05) is 11.3 Å². The number of thioether (sulfide) groups is 1. The van der Waals surface area contributed by atoms with E-state index in [0.29, 0.717) is 17.5 Å². The molecular weight excluding hydrogens is 272 g/mol. The van der Waals surface area contributed by atoms with Crippen LogP contribution in [0.15, 0.2) is 12.1 Å². The molecule has 1 atom stereocenters. The van der Waals surface area contributed by atoms with E-state index in [1.807, 2.05) is 11.8 Å². The Balaban J connectivity index is 2.12. The normalized spacial score (nSPS) is 23.0. The third-order valence-corrected chi connectivity index (χ3v) is 4.77. The van der Waals surface area contributed by atoms with Crippen molar-refractivity contribution in [3.63, 3.8) is 0 Å². The van der Waals surface area contributed by atoms with Gasteiger partial charge in [0.25, 0.3) is 0 Å². The summed E-state index contributed by atoms with van der Waals surface area (Å²) in [5.74, 6) is 0.516. The summed E-state index contributed by atoms with van der Waals surface area (Å²) in [5.41, 5.74) is 0.158. The van der Waals surface area contributed by atoms with Crippen molar-refractivity contribution < 1.29 is 9.90 Å². The van der Waals surface area contributed by atoms with Gasteiger partial charge in [0.2, 0.25) is 0 Å². The summed E-state index contributed by atoms with van der Waals surface area (Å²) in [7, 11) is 0. The zero-order valence-corrected chi connectivity index (χ0v) is 11.6. The lowest BCUT2D eigenvalue weighted by Crippen LogP contribution is -2.28. The number of hydrogen-bond donors (Lipinski definition) is 2. The van der Waals surface area contributed by atoms with E-state index in [0.717, 1.165) is 12.2 Å². The van der Waals surface area contributed by atoms with Crippen LogP contribution in [0.3, 0.4) is 0 Å². The number of carbonyl (C=O) groups is 1. The number of anilines is 1. The van der Waals surface area contributed by atoms with Gasteiger partial charge in [-0.1, -0.05) is 11.6 Å². The summed E-state index contributed by atoms with van der Waals surface area (Å²) < 4.78 is 0.153. The Morgan fingerprint density at radius 3 is 3.06 bits per heavy atom. The Hall–Kier alpha value is -0.940. The molecule has 1 saturated heterocycles. The molecule has 0 aliphatic carbocycles. The second kappa shape index (κ2) is 5.36. The van der Waals surface area contributed by atoms with Crippen LogP contribution in [0.5, 0.6) is 0 Å². The quantitative estimate of drug-likeness (QED) is 0.833. The lowest BCUT2D eigenvalue weighted by molar-refractivity contribution is 0.0697. The molecule has 18 heavy (non-hydrogen) atoms. The van der Waals surface area contributed by atoms with Gasteiger partial charge < -0.3 is 10.4 Å². The number of carboxylic acid groups (broad SMARTS) is 1. The lowest BCUT2D eigenvalue weighted by atomic mass is 10.1. The second-order valence-electron chi connectivity index (χ2n) is 4.59. The van der Waals surface area contributed by atoms with Gasteiger partial charge in [-0.3, -0.25) is 0 Å². The van der Waals surface area contributed by atoms with Gasteiger partial charge >= 0.3 is 5.97 Å². The first-order chi connectivity index (χ1) is 8.50. The molecule has 2 heterocycles. The summed E-state index contributed by atoms with van der Waals surface area (Å²) in [4.78, 5) is 15.1. The zero-order valence-electron chi connectivity index (χ0n) is 10.1. The first kappa shape index (κ1) is 13.5. The summed E-state index contributed by atoms with van der Waals surface area (Å²) >= 11 is 7.71. The number of carboxylic acids is 1. The predicted octanol–water partition coefficient (Wildman–Crippen LogP) is 3.13. The zero-order chi connectivity index (χ0) is 13.2. The third-order valence-electron chi connectivity index (χ3n) is 3.02. The minimum atomic E-state index is -0.995. The predicted molar refractivity (Wildman–Crippen MR) is 74.8 cm³/mol. The van der Waals surface area contributed by atoms with Crippen LogP contribution in [-0.2, 0) is 0 Å². The first-order valence-corrected chi connectivity index (χ1v) is 7.14. The first-order valence-electron chi connectivity index (χ1n) is 5.78. The van der Waals surface area contributed by atoms with Gasteiger partial charge in [0.05, 0.1) is 0 Å². The third kappa shape index (κ3) is 3.09. The maximum atomic E-state index is 11.1. The highest BCUT2D eigenvalue weighted by molar-refractivity contribution is 8.00. The molecule has 0 spiro atoms. The molecule has 6 heteroatoms. The average molecular weight is 287 g/mol. The standard InChI is InChI=1S/C12H15ClN2O2S/c1-12(5-2-6-18-12)7-14-10-8(11(16)17)3-4-9(13)15-10/h3-4H,2,5-7H2,1H3,(H,14,15)(H,16,17). The molecular formula is C12H15ClN2O2S. The van der Waals surface area contributed by atoms with E-state index in [1.54, 1.807) is 0 Å². The Kier molecular flexibility index (Phi) is 4.02. The average Bonchev–Trinajstić information content (AvgIpc) is 2.74. The van der Waals surface area contributed by atoms with Gasteiger partial charge in [-0.15, -0.1) is 0 Å². The fourth-order valence-electron chi connectivity index (χ4n) is 1.99. The topological polar surface area (TPSA) is 62.2 Å². The Morgan fingerprint density at radius 1 is 1.67 bits per heavy atom. The maximum absolute atomic E-state index is 11.1. The number of halogens is 1. The fourth-order valence-corrected chi connectivity index (χ4v) is 3.38. The van der Waals surface area contributed by atoms with Gasteiger partial charge in [-0.2, -0.15) is 11.8 Å². The van der Waals surface area contributed by atoms with Crippen LogP contribution in [0.1, 0.15) is 30.1 Å². The molecule has 1 fully saturated rings. The van der Waals surface area contributed by atoms with Gasteiger partial charge in [-0.25, -0.2) is 9.78 Å². The molecule has 0 bridgehead atoms. The lowest BCUT2D eigenvalue weighted by Gasteiger charge is -2.23. The van der Waals surface area contributed by atoms with Crippen LogP contribution in [0.2, 0.25) is 5.15 Å². The molecule has 1 unspecified atom stereocenters. The van der Waals surface area contributed by atoms with Crippen LogP contribution < -0.4 is 5.32 Å². The van der Waals surface area contributed by atoms with E-state index in [9.17, 15) is 4.79 Å². The Morgan fingerprint density at radius 2 is 2.44 bits per heavy atom. The van der Waals surface area contributed by atoms with E-state index in [1.165, 1.54) is 18.6 Å². The molecule has 1 aliphatic heterocycles. The van der Waals surface area contributed by atoms with Crippen molar-refractivity contribution in [2.24, 2.45) is 0 Å². The number of pyridine rings is 1. The molecule has 1 aliphatic rings. The van der Waals surface area contributed by atoms with E-state index in [2.05, 4.69) is 17.2 Å². The van der Waals surface area contributed by atoms with Crippen molar-refractivity contribution >= 4 is 35.1 Å². The highest BCUT2D eigenvalue weighted by Gasteiger charge is 2.29. The summed E-state index contributed by atoms with van der Waals surface area (Å²) in [6.07, 6.45) is 2.34. The molecule has 2 rings (SSSR count). The van der Waals surface area contributed by atoms with Crippen molar-refractivity contribution in [2.75, 3.05) is 17.6 Å². The van der Waals surface area contributed by atoms with Crippen molar-refractivity contribution in [2.45, 2.75) is 24.5 Å². The van der Waals surface area contributed by atoms with E-state index >= 15 is 0 Å². The van der Waals surface area contributed by atoms with Crippen molar-refractivity contribution in [1.82, 2.24) is 4.98 Å². The van der Waals surface area contributed by atoms with Crippen molar-refractivity contribution in [3.8, 4) is 0 Å². The van der Waals surface area contributed by atoms with Gasteiger partial charge in [0.1, 0.15) is 16.5 Å². The summed E-state index contributed by atoms with van der Waals surface area (Å²) in [6.45, 7) is 2.88. The Bertz CT molecular complexity index is 461. The number of hydrogen-bond acceptors (Lipinski definition) is 4. The SMILES string of the molecule is CC1(CNc2nc(Cl)ccc2C(=O)O)CCCS1. The molecule has 0 amide bonds. The van der Waals surface area contributed by atoms with Crippen LogP contribution in [0.4, 0.5) is 5.82 Å². The van der Waals surface area contributed by atoms with E-state index in [-0.39, 0.29) is 10.3 Å². The highest BCUT2D eigenvalue weighted by Crippen LogP contribution is 2.37. The summed E-state index contributed by atoms with van der Waals surface area (Å²) in [5, 5.41) is 12.5. The minimum absolute atomic E-state index is 0.153. The van der Waals surface area contributed by atoms with Gasteiger partial charge in [0.15, 0.2) is 0 Å². The second-order valence-corrected chi connectivity index (χ2v) is 6.66. The number of nitrogens with zero attached hydrogens (tertiary/aromatic N) is 1. The van der Waals surface area contributed by atoms with Crippen LogP contribution in [-0.4, -0.2) is 33.1 Å². The van der Waals surface area contributed by atoms with Crippen LogP contribution in [0, 0.1) is 0 Å². The molecule has 2 N–H and O–H groups in total. The maximum Gasteiger partial charge on any atom is 0.339 e. The van der Waals surface area contributed by atoms with Crippen LogP contribution in [0.25, 0.3) is 0 Å². The monoisotopic (exact) mass is 286 g/mol. The largest absolute Gasteiger partial charge is 0.478 e. The number of aromatic nitrogens is 1. The van der Waals surface area contributed by atoms with Crippen molar-refractivity contribution in [1.29, 1.82) is 0 Å². The molecule has 0 aromatic carbocycles. The molecule has 4 nitrogen and oxygen atoms in total. The molecule has 98 valence electrons. The smallest absolute Gasteiger partial charge is 0.339 e. The van der Waals surface area contributed by atoms with Gasteiger partial charge in [-0.05, 0) is 37.7 Å². The molecule has 0 radical (unpaired) electrons. The summed E-state index contributed by atoms with van der Waals surface area (Å²) in [6, 6.07) is 2.96. The van der Waals surface area contributed by atoms with E-state index in [4.69, 9.17) is 16.7 Å². The van der Waals surface area contributed by atoms with E-state index < -0.39 is 5.97 Å².